The number of hydrogen-bond acceptors (Lipinski definition) is 3. The molecule has 0 aliphatic heterocycles. The molecule has 0 radical (unpaired) electrons. The molecule has 1 N–H and O–H groups in total. The van der Waals surface area contributed by atoms with E-state index in [4.69, 9.17) is 9.47 Å². The quantitative estimate of drug-likeness (QED) is 0.799. The van der Waals surface area contributed by atoms with Crippen LogP contribution in [0, 0.1) is 13.8 Å². The topological polar surface area (TPSA) is 47.6 Å². The van der Waals surface area contributed by atoms with Gasteiger partial charge in [-0.15, -0.1) is 0 Å². The van der Waals surface area contributed by atoms with Crippen LogP contribution < -0.4 is 14.8 Å². The van der Waals surface area contributed by atoms with Crippen LogP contribution in [0.3, 0.4) is 0 Å². The molecule has 0 atom stereocenters. The molecule has 2 aromatic rings. The first-order valence-electron chi connectivity index (χ1n) is 7.68. The second-order valence-corrected chi connectivity index (χ2v) is 5.49. The highest BCUT2D eigenvalue weighted by atomic mass is 16.5. The molecule has 0 saturated carbocycles. The molecule has 0 aromatic heterocycles. The van der Waals surface area contributed by atoms with E-state index in [1.807, 2.05) is 43.3 Å². The predicted octanol–water partition coefficient (Wildman–Crippen LogP) is 3.05. The Balaban J connectivity index is 1.72. The predicted molar refractivity (Wildman–Crippen MR) is 91.1 cm³/mol. The molecule has 4 heteroatoms. The summed E-state index contributed by atoms with van der Waals surface area (Å²) in [6, 6.07) is 13.6. The van der Waals surface area contributed by atoms with Crippen LogP contribution in [0.25, 0.3) is 0 Å². The molecular weight excluding hydrogens is 290 g/mol. The third-order valence-corrected chi connectivity index (χ3v) is 3.54. The number of nitrogens with one attached hydrogen (secondary N) is 1. The van der Waals surface area contributed by atoms with Crippen LogP contribution in [-0.2, 0) is 11.2 Å². The summed E-state index contributed by atoms with van der Waals surface area (Å²) in [6.07, 6.45) is 0.355. The van der Waals surface area contributed by atoms with Gasteiger partial charge in [-0.1, -0.05) is 29.8 Å². The maximum Gasteiger partial charge on any atom is 0.224 e. The van der Waals surface area contributed by atoms with Crippen LogP contribution in [-0.4, -0.2) is 26.2 Å². The van der Waals surface area contributed by atoms with Gasteiger partial charge >= 0.3 is 0 Å². The lowest BCUT2D eigenvalue weighted by atomic mass is 10.1. The number of benzene rings is 2. The molecule has 1 amide bonds. The molecule has 2 rings (SSSR count). The summed E-state index contributed by atoms with van der Waals surface area (Å²) in [7, 11) is 1.62. The molecule has 2 aromatic carbocycles. The summed E-state index contributed by atoms with van der Waals surface area (Å²) < 4.78 is 10.8. The van der Waals surface area contributed by atoms with Crippen molar-refractivity contribution in [3.63, 3.8) is 0 Å². The maximum absolute atomic E-state index is 11.9. The van der Waals surface area contributed by atoms with Crippen molar-refractivity contribution in [2.45, 2.75) is 20.3 Å². The highest BCUT2D eigenvalue weighted by molar-refractivity contribution is 5.78. The Morgan fingerprint density at radius 1 is 1.09 bits per heavy atom. The highest BCUT2D eigenvalue weighted by Gasteiger charge is 2.04. The van der Waals surface area contributed by atoms with Gasteiger partial charge in [0.1, 0.15) is 18.1 Å². The lowest BCUT2D eigenvalue weighted by Crippen LogP contribution is -2.29. The van der Waals surface area contributed by atoms with E-state index >= 15 is 0 Å². The maximum atomic E-state index is 11.9. The summed E-state index contributed by atoms with van der Waals surface area (Å²) in [5.74, 6) is 1.63. The Bertz CT molecular complexity index is 650. The van der Waals surface area contributed by atoms with Crippen molar-refractivity contribution in [3.8, 4) is 11.5 Å². The van der Waals surface area contributed by atoms with Crippen LogP contribution in [0.5, 0.6) is 11.5 Å². The smallest absolute Gasteiger partial charge is 0.224 e. The Morgan fingerprint density at radius 3 is 2.48 bits per heavy atom. The molecule has 0 heterocycles. The second kappa shape index (κ2) is 8.22. The fourth-order valence-corrected chi connectivity index (χ4v) is 2.30. The van der Waals surface area contributed by atoms with Crippen LogP contribution >= 0.6 is 0 Å². The van der Waals surface area contributed by atoms with Crippen molar-refractivity contribution in [2.75, 3.05) is 20.3 Å². The standard InChI is InChI=1S/C19H23NO3/c1-14-4-9-18(15(2)12-14)23-11-10-20-19(21)13-16-5-7-17(22-3)8-6-16/h4-9,12H,10-11,13H2,1-3H3,(H,20,21). The summed E-state index contributed by atoms with van der Waals surface area (Å²) in [5.41, 5.74) is 3.27. The van der Waals surface area contributed by atoms with Gasteiger partial charge in [0.05, 0.1) is 20.1 Å². The Hall–Kier alpha value is -2.49. The van der Waals surface area contributed by atoms with E-state index in [1.54, 1.807) is 7.11 Å². The van der Waals surface area contributed by atoms with Gasteiger partial charge in [-0.3, -0.25) is 4.79 Å². The van der Waals surface area contributed by atoms with Gasteiger partial charge in [-0.2, -0.15) is 0 Å². The van der Waals surface area contributed by atoms with Gasteiger partial charge < -0.3 is 14.8 Å². The van der Waals surface area contributed by atoms with E-state index in [-0.39, 0.29) is 5.91 Å². The average Bonchev–Trinajstić information content (AvgIpc) is 2.54. The summed E-state index contributed by atoms with van der Waals surface area (Å²) in [5, 5.41) is 2.87. The zero-order valence-electron chi connectivity index (χ0n) is 13.9. The molecule has 122 valence electrons. The molecule has 0 unspecified atom stereocenters. The van der Waals surface area contributed by atoms with Gasteiger partial charge in [-0.05, 0) is 43.2 Å². The van der Waals surface area contributed by atoms with Crippen LogP contribution in [0.1, 0.15) is 16.7 Å². The lowest BCUT2D eigenvalue weighted by molar-refractivity contribution is -0.120. The van der Waals surface area contributed by atoms with Crippen molar-refractivity contribution < 1.29 is 14.3 Å². The van der Waals surface area contributed by atoms with Crippen molar-refractivity contribution in [1.29, 1.82) is 0 Å². The van der Waals surface area contributed by atoms with Crippen molar-refractivity contribution >= 4 is 5.91 Å². The summed E-state index contributed by atoms with van der Waals surface area (Å²) in [6.45, 7) is 5.02. The van der Waals surface area contributed by atoms with E-state index in [1.165, 1.54) is 5.56 Å². The Kier molecular flexibility index (Phi) is 6.03. The Morgan fingerprint density at radius 2 is 1.83 bits per heavy atom. The molecule has 0 fully saturated rings. The minimum absolute atomic E-state index is 0.0144. The number of hydrogen-bond donors (Lipinski definition) is 1. The van der Waals surface area contributed by atoms with E-state index in [9.17, 15) is 4.79 Å². The van der Waals surface area contributed by atoms with E-state index in [2.05, 4.69) is 18.3 Å². The number of methoxy groups -OCH3 is 1. The van der Waals surface area contributed by atoms with Crippen LogP contribution in [0.4, 0.5) is 0 Å². The average molecular weight is 313 g/mol. The van der Waals surface area contributed by atoms with E-state index < -0.39 is 0 Å². The number of carbonyl (C=O) groups excluding carboxylic acids is 1. The van der Waals surface area contributed by atoms with Crippen molar-refractivity contribution in [2.24, 2.45) is 0 Å². The fourth-order valence-electron chi connectivity index (χ4n) is 2.30. The lowest BCUT2D eigenvalue weighted by Gasteiger charge is -2.10. The molecule has 23 heavy (non-hydrogen) atoms. The first-order chi connectivity index (χ1) is 11.1. The third-order valence-electron chi connectivity index (χ3n) is 3.54. The van der Waals surface area contributed by atoms with Crippen molar-refractivity contribution in [1.82, 2.24) is 5.32 Å². The minimum atomic E-state index is -0.0144. The summed E-state index contributed by atoms with van der Waals surface area (Å²) >= 11 is 0. The first-order valence-corrected chi connectivity index (χ1v) is 7.68. The first kappa shape index (κ1) is 16.9. The normalized spacial score (nSPS) is 10.2. The highest BCUT2D eigenvalue weighted by Crippen LogP contribution is 2.18. The molecule has 0 spiro atoms. The third kappa shape index (κ3) is 5.33. The molecule has 0 aliphatic rings. The zero-order chi connectivity index (χ0) is 16.7. The number of carbonyl (C=O) groups is 1. The van der Waals surface area contributed by atoms with Gasteiger partial charge in [0.2, 0.25) is 5.91 Å². The SMILES string of the molecule is COc1ccc(CC(=O)NCCOc2ccc(C)cc2C)cc1. The number of ether oxygens (including phenoxy) is 2. The van der Waals surface area contributed by atoms with Gasteiger partial charge in [-0.25, -0.2) is 0 Å². The number of rotatable bonds is 7. The monoisotopic (exact) mass is 313 g/mol. The van der Waals surface area contributed by atoms with Crippen LogP contribution in [0.2, 0.25) is 0 Å². The van der Waals surface area contributed by atoms with Gasteiger partial charge in [0.15, 0.2) is 0 Å². The fraction of sp³-hybridized carbons (Fsp3) is 0.316. The molecule has 0 aliphatic carbocycles. The molecule has 0 saturated heterocycles. The van der Waals surface area contributed by atoms with Crippen molar-refractivity contribution in [3.05, 3.63) is 59.2 Å². The largest absolute Gasteiger partial charge is 0.497 e. The van der Waals surface area contributed by atoms with Crippen LogP contribution in [0.15, 0.2) is 42.5 Å². The molecule has 4 nitrogen and oxygen atoms in total. The van der Waals surface area contributed by atoms with E-state index in [0.717, 1.165) is 22.6 Å². The number of amides is 1. The van der Waals surface area contributed by atoms with Gasteiger partial charge in [0, 0.05) is 0 Å². The number of aryl methyl sites for hydroxylation is 2. The molecular formula is C19H23NO3. The Labute approximate surface area is 137 Å². The van der Waals surface area contributed by atoms with E-state index in [0.29, 0.717) is 19.6 Å². The van der Waals surface area contributed by atoms with Gasteiger partial charge in [0.25, 0.3) is 0 Å². The molecule has 0 bridgehead atoms. The zero-order valence-corrected chi connectivity index (χ0v) is 13.9. The minimum Gasteiger partial charge on any atom is -0.497 e. The summed E-state index contributed by atoms with van der Waals surface area (Å²) in [4.78, 5) is 11.9. The second-order valence-electron chi connectivity index (χ2n) is 5.49.